The summed E-state index contributed by atoms with van der Waals surface area (Å²) in [6, 6.07) is 16.0. The Morgan fingerprint density at radius 2 is 1.61 bits per heavy atom. The van der Waals surface area contributed by atoms with Crippen LogP contribution < -0.4 is 9.47 Å². The smallest absolute Gasteiger partial charge is 0.247 e. The highest BCUT2D eigenvalue weighted by molar-refractivity contribution is 5.52. The van der Waals surface area contributed by atoms with Crippen molar-refractivity contribution in [2.45, 2.75) is 19.9 Å². The van der Waals surface area contributed by atoms with Gasteiger partial charge >= 0.3 is 0 Å². The first-order valence-electron chi connectivity index (χ1n) is 10.8. The lowest BCUT2D eigenvalue weighted by Gasteiger charge is -2.36. The van der Waals surface area contributed by atoms with Crippen LogP contribution in [0.5, 0.6) is 11.5 Å². The molecule has 7 nitrogen and oxygen atoms in total. The van der Waals surface area contributed by atoms with Gasteiger partial charge in [-0.3, -0.25) is 9.80 Å². The average molecular weight is 423 g/mol. The van der Waals surface area contributed by atoms with E-state index < -0.39 is 0 Å². The predicted molar refractivity (Wildman–Crippen MR) is 119 cm³/mol. The molecule has 1 aromatic heterocycles. The minimum atomic E-state index is 0.101. The molecule has 164 valence electrons. The molecule has 2 aromatic carbocycles. The number of aryl methyl sites for hydroxylation is 1. The third-order valence-electron chi connectivity index (χ3n) is 5.79. The maximum absolute atomic E-state index is 5.98. The van der Waals surface area contributed by atoms with E-state index in [9.17, 15) is 0 Å². The van der Waals surface area contributed by atoms with Gasteiger partial charge in [-0.1, -0.05) is 17.7 Å². The van der Waals surface area contributed by atoms with Gasteiger partial charge in [-0.2, -0.15) is 0 Å². The van der Waals surface area contributed by atoms with Crippen molar-refractivity contribution in [2.75, 3.05) is 46.4 Å². The number of piperazine rings is 1. The van der Waals surface area contributed by atoms with E-state index in [4.69, 9.17) is 13.9 Å². The molecule has 1 aliphatic heterocycles. The summed E-state index contributed by atoms with van der Waals surface area (Å²) >= 11 is 0. The van der Waals surface area contributed by atoms with Crippen molar-refractivity contribution in [1.82, 2.24) is 20.0 Å². The van der Waals surface area contributed by atoms with Crippen LogP contribution in [0.25, 0.3) is 11.5 Å². The topological polar surface area (TPSA) is 63.9 Å². The van der Waals surface area contributed by atoms with E-state index in [0.29, 0.717) is 18.4 Å². The van der Waals surface area contributed by atoms with E-state index in [1.165, 1.54) is 5.56 Å². The molecule has 1 saturated heterocycles. The monoisotopic (exact) mass is 422 g/mol. The van der Waals surface area contributed by atoms with Crippen LogP contribution in [-0.4, -0.2) is 66.4 Å². The third-order valence-corrected chi connectivity index (χ3v) is 5.79. The van der Waals surface area contributed by atoms with E-state index in [2.05, 4.69) is 46.0 Å². The fourth-order valence-electron chi connectivity index (χ4n) is 3.71. The summed E-state index contributed by atoms with van der Waals surface area (Å²) in [5, 5.41) is 8.55. The van der Waals surface area contributed by atoms with Gasteiger partial charge in [-0.25, -0.2) is 0 Å². The molecular formula is C24H30N4O3. The zero-order valence-electron chi connectivity index (χ0n) is 18.5. The van der Waals surface area contributed by atoms with Crippen molar-refractivity contribution in [3.05, 3.63) is 60.0 Å². The van der Waals surface area contributed by atoms with Crippen LogP contribution >= 0.6 is 0 Å². The molecule has 0 N–H and O–H groups in total. The van der Waals surface area contributed by atoms with Crippen LogP contribution in [0.4, 0.5) is 0 Å². The van der Waals surface area contributed by atoms with Gasteiger partial charge in [-0.05, 0) is 50.2 Å². The number of hydrogen-bond donors (Lipinski definition) is 0. The lowest BCUT2D eigenvalue weighted by Crippen LogP contribution is -2.48. The number of rotatable bonds is 8. The van der Waals surface area contributed by atoms with Crippen molar-refractivity contribution >= 4 is 0 Å². The van der Waals surface area contributed by atoms with E-state index in [0.717, 1.165) is 49.8 Å². The zero-order chi connectivity index (χ0) is 21.6. The first-order valence-corrected chi connectivity index (χ1v) is 10.8. The van der Waals surface area contributed by atoms with E-state index in [1.54, 1.807) is 7.11 Å². The second kappa shape index (κ2) is 9.94. The summed E-state index contributed by atoms with van der Waals surface area (Å²) in [6.07, 6.45) is 0. The molecule has 2 heterocycles. The fraction of sp³-hybridized carbons (Fsp3) is 0.417. The van der Waals surface area contributed by atoms with Crippen LogP contribution in [0.2, 0.25) is 0 Å². The summed E-state index contributed by atoms with van der Waals surface area (Å²) in [4.78, 5) is 4.82. The molecular weight excluding hydrogens is 392 g/mol. The second-order valence-electron chi connectivity index (χ2n) is 7.89. The first-order chi connectivity index (χ1) is 15.1. The maximum atomic E-state index is 5.98. The Labute approximate surface area is 183 Å². The Balaban J connectivity index is 1.23. The predicted octanol–water partition coefficient (Wildman–Crippen LogP) is 3.81. The SMILES string of the molecule is COc1ccc(OCCN2CCN(C(C)c3nnc(-c4ccc(C)cc4)o3)CC2)cc1. The number of nitrogens with zero attached hydrogens (tertiary/aromatic N) is 4. The van der Waals surface area contributed by atoms with E-state index >= 15 is 0 Å². The largest absolute Gasteiger partial charge is 0.497 e. The highest BCUT2D eigenvalue weighted by Gasteiger charge is 2.25. The van der Waals surface area contributed by atoms with Gasteiger partial charge in [0.1, 0.15) is 18.1 Å². The molecule has 1 fully saturated rings. The quantitative estimate of drug-likeness (QED) is 0.547. The van der Waals surface area contributed by atoms with Crippen LogP contribution in [0.3, 0.4) is 0 Å². The summed E-state index contributed by atoms with van der Waals surface area (Å²) in [5.41, 5.74) is 2.17. The average Bonchev–Trinajstić information content (AvgIpc) is 3.30. The molecule has 7 heteroatoms. The number of hydrogen-bond acceptors (Lipinski definition) is 7. The summed E-state index contributed by atoms with van der Waals surface area (Å²) in [6.45, 7) is 9.70. The summed E-state index contributed by atoms with van der Waals surface area (Å²) in [5.74, 6) is 2.96. The fourth-order valence-corrected chi connectivity index (χ4v) is 3.71. The standard InChI is InChI=1S/C24H30N4O3/c1-18-4-6-20(7-5-18)24-26-25-23(31-24)19(2)28-14-12-27(13-15-28)16-17-30-22-10-8-21(29-3)9-11-22/h4-11,19H,12-17H2,1-3H3. The lowest BCUT2D eigenvalue weighted by molar-refractivity contribution is 0.0827. The van der Waals surface area contributed by atoms with Crippen LogP contribution in [0, 0.1) is 6.92 Å². The molecule has 0 amide bonds. The van der Waals surface area contributed by atoms with Gasteiger partial charge in [0.2, 0.25) is 11.8 Å². The Morgan fingerprint density at radius 1 is 0.935 bits per heavy atom. The Bertz CT molecular complexity index is 948. The van der Waals surface area contributed by atoms with E-state index in [-0.39, 0.29) is 6.04 Å². The van der Waals surface area contributed by atoms with Crippen molar-refractivity contribution in [1.29, 1.82) is 0 Å². The van der Waals surface area contributed by atoms with Gasteiger partial charge in [0.05, 0.1) is 13.2 Å². The lowest BCUT2D eigenvalue weighted by atomic mass is 10.1. The molecule has 3 aromatic rings. The molecule has 1 aliphatic rings. The number of ether oxygens (including phenoxy) is 2. The Kier molecular flexibility index (Phi) is 6.84. The van der Waals surface area contributed by atoms with Crippen LogP contribution in [-0.2, 0) is 0 Å². The molecule has 0 radical (unpaired) electrons. The third kappa shape index (κ3) is 5.42. The number of aromatic nitrogens is 2. The van der Waals surface area contributed by atoms with Crippen molar-refractivity contribution in [3.63, 3.8) is 0 Å². The maximum Gasteiger partial charge on any atom is 0.247 e. The molecule has 4 rings (SSSR count). The first kappa shape index (κ1) is 21.3. The van der Waals surface area contributed by atoms with Crippen LogP contribution in [0.1, 0.15) is 24.4 Å². The molecule has 1 atom stereocenters. The highest BCUT2D eigenvalue weighted by atomic mass is 16.5. The molecule has 0 saturated carbocycles. The number of methoxy groups -OCH3 is 1. The van der Waals surface area contributed by atoms with Gasteiger partial charge < -0.3 is 13.9 Å². The minimum Gasteiger partial charge on any atom is -0.497 e. The normalized spacial score (nSPS) is 16.2. The summed E-state index contributed by atoms with van der Waals surface area (Å²) < 4.78 is 17.0. The van der Waals surface area contributed by atoms with Crippen molar-refractivity contribution in [3.8, 4) is 23.0 Å². The van der Waals surface area contributed by atoms with Crippen molar-refractivity contribution < 1.29 is 13.9 Å². The molecule has 0 aliphatic carbocycles. The molecule has 1 unspecified atom stereocenters. The Morgan fingerprint density at radius 3 is 2.29 bits per heavy atom. The number of benzene rings is 2. The van der Waals surface area contributed by atoms with Crippen LogP contribution in [0.15, 0.2) is 52.9 Å². The van der Waals surface area contributed by atoms with Gasteiger partial charge in [-0.15, -0.1) is 10.2 Å². The Hall–Kier alpha value is -2.90. The van der Waals surface area contributed by atoms with E-state index in [1.807, 2.05) is 36.4 Å². The second-order valence-corrected chi connectivity index (χ2v) is 7.89. The highest BCUT2D eigenvalue weighted by Crippen LogP contribution is 2.25. The molecule has 0 bridgehead atoms. The van der Waals surface area contributed by atoms with Gasteiger partial charge in [0, 0.05) is 38.3 Å². The molecule has 31 heavy (non-hydrogen) atoms. The zero-order valence-corrected chi connectivity index (χ0v) is 18.5. The van der Waals surface area contributed by atoms with Crippen molar-refractivity contribution in [2.24, 2.45) is 0 Å². The minimum absolute atomic E-state index is 0.101. The van der Waals surface area contributed by atoms with Gasteiger partial charge in [0.25, 0.3) is 0 Å². The summed E-state index contributed by atoms with van der Waals surface area (Å²) in [7, 11) is 1.66. The molecule has 0 spiro atoms. The van der Waals surface area contributed by atoms with Gasteiger partial charge in [0.15, 0.2) is 0 Å².